The Kier molecular flexibility index (Phi) is 5.25. The molecule has 1 amide bonds. The maximum atomic E-state index is 14.0. The lowest BCUT2D eigenvalue weighted by molar-refractivity contribution is 0.0982. The van der Waals surface area contributed by atoms with Crippen molar-refractivity contribution in [1.29, 1.82) is 0 Å². The van der Waals surface area contributed by atoms with Crippen molar-refractivity contribution >= 4 is 34.8 Å². The van der Waals surface area contributed by atoms with Crippen LogP contribution in [0.4, 0.5) is 10.1 Å². The van der Waals surface area contributed by atoms with Gasteiger partial charge in [-0.3, -0.25) is 4.79 Å². The minimum absolute atomic E-state index is 0.132. The number of aryl methyl sites for hydroxylation is 1. The number of rotatable bonds is 3. The number of benzene rings is 3. The molecule has 3 nitrogen and oxygen atoms in total. The van der Waals surface area contributed by atoms with Gasteiger partial charge in [0.2, 0.25) is 0 Å². The van der Waals surface area contributed by atoms with Crippen LogP contribution in [0.2, 0.25) is 10.0 Å². The fourth-order valence-corrected chi connectivity index (χ4v) is 3.64. The number of hydrogen-bond acceptors (Lipinski definition) is 2. The standard InChI is InChI=1S/C22H16Cl2FNO2/c23-15-7-9-18(24)21(12-15)28-20-10-8-16(25)13-17(20)22(27)26-11-3-5-14-4-1-2-6-19(14)26/h1-2,4,6-10,12-13H,3,5,11H2. The molecule has 0 saturated carbocycles. The summed E-state index contributed by atoms with van der Waals surface area (Å²) in [4.78, 5) is 15.0. The van der Waals surface area contributed by atoms with E-state index in [1.54, 1.807) is 23.1 Å². The maximum absolute atomic E-state index is 14.0. The first-order valence-corrected chi connectivity index (χ1v) is 9.61. The third-order valence-electron chi connectivity index (χ3n) is 4.64. The SMILES string of the molecule is O=C(c1cc(F)ccc1Oc1cc(Cl)ccc1Cl)N1CCCc2ccccc21. The number of amides is 1. The first kappa shape index (κ1) is 18.8. The number of anilines is 1. The van der Waals surface area contributed by atoms with E-state index in [4.69, 9.17) is 27.9 Å². The molecule has 0 aromatic heterocycles. The van der Waals surface area contributed by atoms with Crippen LogP contribution in [0.1, 0.15) is 22.3 Å². The second-order valence-electron chi connectivity index (χ2n) is 6.51. The normalized spacial score (nSPS) is 13.2. The van der Waals surface area contributed by atoms with Gasteiger partial charge in [-0.25, -0.2) is 4.39 Å². The van der Waals surface area contributed by atoms with Crippen LogP contribution >= 0.6 is 23.2 Å². The molecular weight excluding hydrogens is 400 g/mol. The Labute approximate surface area is 172 Å². The molecule has 0 radical (unpaired) electrons. The van der Waals surface area contributed by atoms with Crippen molar-refractivity contribution < 1.29 is 13.9 Å². The predicted octanol–water partition coefficient (Wildman–Crippen LogP) is 6.52. The average Bonchev–Trinajstić information content (AvgIpc) is 2.71. The van der Waals surface area contributed by atoms with Crippen LogP contribution in [0.3, 0.4) is 0 Å². The molecule has 0 saturated heterocycles. The summed E-state index contributed by atoms with van der Waals surface area (Å²) in [5, 5.41) is 0.787. The summed E-state index contributed by atoms with van der Waals surface area (Å²) >= 11 is 12.2. The van der Waals surface area contributed by atoms with Crippen LogP contribution in [0.25, 0.3) is 0 Å². The van der Waals surface area contributed by atoms with Gasteiger partial charge in [-0.2, -0.15) is 0 Å². The molecule has 1 heterocycles. The fourth-order valence-electron chi connectivity index (χ4n) is 3.32. The topological polar surface area (TPSA) is 29.5 Å². The monoisotopic (exact) mass is 415 g/mol. The van der Waals surface area contributed by atoms with Gasteiger partial charge in [-0.05, 0) is 54.8 Å². The summed E-state index contributed by atoms with van der Waals surface area (Å²) in [6, 6.07) is 16.4. The zero-order valence-electron chi connectivity index (χ0n) is 14.8. The van der Waals surface area contributed by atoms with Gasteiger partial charge in [-0.15, -0.1) is 0 Å². The van der Waals surface area contributed by atoms with Crippen LogP contribution in [-0.4, -0.2) is 12.5 Å². The van der Waals surface area contributed by atoms with Crippen LogP contribution in [-0.2, 0) is 6.42 Å². The minimum atomic E-state index is -0.516. The highest BCUT2D eigenvalue weighted by Crippen LogP contribution is 2.35. The predicted molar refractivity (Wildman–Crippen MR) is 109 cm³/mol. The molecule has 6 heteroatoms. The number of halogens is 3. The highest BCUT2D eigenvalue weighted by atomic mass is 35.5. The maximum Gasteiger partial charge on any atom is 0.262 e. The number of nitrogens with zero attached hydrogens (tertiary/aromatic N) is 1. The van der Waals surface area contributed by atoms with E-state index in [0.29, 0.717) is 22.3 Å². The largest absolute Gasteiger partial charge is 0.455 e. The number of ether oxygens (including phenoxy) is 1. The van der Waals surface area contributed by atoms with Gasteiger partial charge in [0, 0.05) is 23.3 Å². The van der Waals surface area contributed by atoms with Crippen molar-refractivity contribution in [1.82, 2.24) is 0 Å². The lowest BCUT2D eigenvalue weighted by atomic mass is 10.0. The van der Waals surface area contributed by atoms with Gasteiger partial charge in [0.15, 0.2) is 0 Å². The Morgan fingerprint density at radius 1 is 1.00 bits per heavy atom. The quantitative estimate of drug-likeness (QED) is 0.487. The van der Waals surface area contributed by atoms with Crippen molar-refractivity contribution in [2.24, 2.45) is 0 Å². The van der Waals surface area contributed by atoms with E-state index >= 15 is 0 Å². The molecule has 0 unspecified atom stereocenters. The molecule has 0 bridgehead atoms. The molecule has 0 fully saturated rings. The van der Waals surface area contributed by atoms with Crippen LogP contribution in [0.5, 0.6) is 11.5 Å². The Morgan fingerprint density at radius 2 is 1.82 bits per heavy atom. The van der Waals surface area contributed by atoms with E-state index in [9.17, 15) is 9.18 Å². The van der Waals surface area contributed by atoms with E-state index in [2.05, 4.69) is 0 Å². The average molecular weight is 416 g/mol. The molecule has 0 N–H and O–H groups in total. The van der Waals surface area contributed by atoms with Crippen molar-refractivity contribution in [3.8, 4) is 11.5 Å². The highest BCUT2D eigenvalue weighted by molar-refractivity contribution is 6.34. The zero-order valence-corrected chi connectivity index (χ0v) is 16.3. The third-order valence-corrected chi connectivity index (χ3v) is 5.19. The fraction of sp³-hybridized carbons (Fsp3) is 0.136. The molecule has 1 aliphatic heterocycles. The Morgan fingerprint density at radius 3 is 2.68 bits per heavy atom. The number of carbonyl (C=O) groups excluding carboxylic acids is 1. The van der Waals surface area contributed by atoms with E-state index in [1.165, 1.54) is 18.2 Å². The lowest BCUT2D eigenvalue weighted by Crippen LogP contribution is -2.35. The number of hydrogen-bond donors (Lipinski definition) is 0. The first-order valence-electron chi connectivity index (χ1n) is 8.85. The Balaban J connectivity index is 1.73. The molecule has 0 spiro atoms. The summed E-state index contributed by atoms with van der Waals surface area (Å²) in [5.41, 5.74) is 2.07. The number of para-hydroxylation sites is 1. The Hall–Kier alpha value is -2.56. The van der Waals surface area contributed by atoms with Gasteiger partial charge in [0.1, 0.15) is 17.3 Å². The summed E-state index contributed by atoms with van der Waals surface area (Å²) in [6.45, 7) is 0.559. The molecule has 4 rings (SSSR count). The van der Waals surface area contributed by atoms with E-state index in [1.807, 2.05) is 24.3 Å². The minimum Gasteiger partial charge on any atom is -0.455 e. The molecule has 28 heavy (non-hydrogen) atoms. The molecule has 3 aromatic carbocycles. The summed E-state index contributed by atoms with van der Waals surface area (Å²) in [6.07, 6.45) is 1.75. The number of fused-ring (bicyclic) bond motifs is 1. The molecule has 3 aromatic rings. The van der Waals surface area contributed by atoms with Crippen LogP contribution < -0.4 is 9.64 Å². The summed E-state index contributed by atoms with van der Waals surface area (Å²) in [7, 11) is 0. The molecule has 0 atom stereocenters. The molecule has 0 aliphatic carbocycles. The van der Waals surface area contributed by atoms with Gasteiger partial charge in [0.05, 0.1) is 10.6 Å². The van der Waals surface area contributed by atoms with E-state index in [-0.39, 0.29) is 17.2 Å². The van der Waals surface area contributed by atoms with E-state index < -0.39 is 5.82 Å². The van der Waals surface area contributed by atoms with E-state index in [0.717, 1.165) is 24.1 Å². The van der Waals surface area contributed by atoms with Crippen molar-refractivity contribution in [3.63, 3.8) is 0 Å². The molecular formula is C22H16Cl2FNO2. The van der Waals surface area contributed by atoms with Crippen molar-refractivity contribution in [3.05, 3.63) is 87.7 Å². The van der Waals surface area contributed by atoms with Crippen LogP contribution in [0, 0.1) is 5.82 Å². The van der Waals surface area contributed by atoms with Crippen molar-refractivity contribution in [2.45, 2.75) is 12.8 Å². The first-order chi connectivity index (χ1) is 13.5. The van der Waals surface area contributed by atoms with Crippen LogP contribution in [0.15, 0.2) is 60.7 Å². The smallest absolute Gasteiger partial charge is 0.262 e. The molecule has 1 aliphatic rings. The number of carbonyl (C=O) groups is 1. The lowest BCUT2D eigenvalue weighted by Gasteiger charge is -2.30. The van der Waals surface area contributed by atoms with Gasteiger partial charge < -0.3 is 9.64 Å². The van der Waals surface area contributed by atoms with Gasteiger partial charge >= 0.3 is 0 Å². The summed E-state index contributed by atoms with van der Waals surface area (Å²) in [5.74, 6) is -0.314. The summed E-state index contributed by atoms with van der Waals surface area (Å²) < 4.78 is 19.8. The van der Waals surface area contributed by atoms with Gasteiger partial charge in [-0.1, -0.05) is 41.4 Å². The molecule has 142 valence electrons. The second-order valence-corrected chi connectivity index (χ2v) is 7.35. The second kappa shape index (κ2) is 7.82. The third kappa shape index (κ3) is 3.71. The zero-order chi connectivity index (χ0) is 19.7. The Bertz CT molecular complexity index is 1050. The van der Waals surface area contributed by atoms with Crippen molar-refractivity contribution in [2.75, 3.05) is 11.4 Å². The van der Waals surface area contributed by atoms with Gasteiger partial charge in [0.25, 0.3) is 5.91 Å². The highest BCUT2D eigenvalue weighted by Gasteiger charge is 2.26.